The van der Waals surface area contributed by atoms with Crippen LogP contribution in [0.4, 0.5) is 0 Å². The molecule has 1 heterocycles. The van der Waals surface area contributed by atoms with Gasteiger partial charge in [0.15, 0.2) is 0 Å². The molecule has 1 aromatic rings. The quantitative estimate of drug-likeness (QED) is 0.772. The Balaban J connectivity index is 2.33. The monoisotopic (exact) mass is 249 g/mol. The van der Waals surface area contributed by atoms with Crippen LogP contribution in [0.25, 0.3) is 0 Å². The van der Waals surface area contributed by atoms with Gasteiger partial charge in [0.05, 0.1) is 12.2 Å². The van der Waals surface area contributed by atoms with Gasteiger partial charge in [0.2, 0.25) is 5.91 Å². The average Bonchev–Trinajstić information content (AvgIpc) is 2.36. The molecule has 1 amide bonds. The van der Waals surface area contributed by atoms with Crippen LogP contribution in [-0.2, 0) is 17.8 Å². The third-order valence-electron chi connectivity index (χ3n) is 2.72. The van der Waals surface area contributed by atoms with Crippen molar-refractivity contribution >= 4 is 5.91 Å². The minimum Gasteiger partial charge on any atom is -0.350 e. The molecule has 100 valence electrons. The highest BCUT2D eigenvalue weighted by atomic mass is 16.1. The number of nitrogens with one attached hydrogen (secondary N) is 2. The van der Waals surface area contributed by atoms with Crippen molar-refractivity contribution in [2.45, 2.75) is 46.2 Å². The summed E-state index contributed by atoms with van der Waals surface area (Å²) in [6.07, 6.45) is 3.21. The zero-order valence-corrected chi connectivity index (χ0v) is 11.5. The fourth-order valence-electron chi connectivity index (χ4n) is 1.70. The number of aryl methyl sites for hydroxylation is 1. The summed E-state index contributed by atoms with van der Waals surface area (Å²) in [7, 11) is 0. The lowest BCUT2D eigenvalue weighted by atomic mass is 10.1. The lowest BCUT2D eigenvalue weighted by molar-refractivity contribution is -0.121. The van der Waals surface area contributed by atoms with Crippen molar-refractivity contribution < 1.29 is 4.79 Å². The number of hydrogen-bond donors (Lipinski definition) is 2. The van der Waals surface area contributed by atoms with Gasteiger partial charge in [-0.3, -0.25) is 9.78 Å². The van der Waals surface area contributed by atoms with E-state index >= 15 is 0 Å². The van der Waals surface area contributed by atoms with E-state index in [1.165, 1.54) is 5.56 Å². The van der Waals surface area contributed by atoms with Crippen LogP contribution in [0.1, 0.15) is 38.4 Å². The smallest absolute Gasteiger partial charge is 0.221 e. The van der Waals surface area contributed by atoms with E-state index in [1.807, 2.05) is 6.07 Å². The first-order chi connectivity index (χ1) is 8.63. The first-order valence-corrected chi connectivity index (χ1v) is 6.56. The van der Waals surface area contributed by atoms with Gasteiger partial charge in [0.1, 0.15) is 0 Å². The summed E-state index contributed by atoms with van der Waals surface area (Å²) in [4.78, 5) is 15.9. The normalized spacial score (nSPS) is 10.7. The molecule has 0 spiro atoms. The molecule has 4 nitrogen and oxygen atoms in total. The maximum absolute atomic E-state index is 11.6. The first-order valence-electron chi connectivity index (χ1n) is 6.56. The standard InChI is InChI=1S/C14H23N3O/c1-4-12-6-5-8-16-13(12)10-17-14(18)7-9-15-11(2)3/h5-6,8,11,15H,4,7,9-10H2,1-3H3,(H,17,18). The number of carbonyl (C=O) groups is 1. The molecule has 0 unspecified atom stereocenters. The van der Waals surface area contributed by atoms with Gasteiger partial charge in [0.25, 0.3) is 0 Å². The Kier molecular flexibility index (Phi) is 6.36. The van der Waals surface area contributed by atoms with E-state index < -0.39 is 0 Å². The zero-order chi connectivity index (χ0) is 13.4. The maximum atomic E-state index is 11.6. The summed E-state index contributed by atoms with van der Waals surface area (Å²) in [6, 6.07) is 4.39. The predicted molar refractivity (Wildman–Crippen MR) is 73.2 cm³/mol. The number of nitrogens with zero attached hydrogens (tertiary/aromatic N) is 1. The van der Waals surface area contributed by atoms with E-state index in [-0.39, 0.29) is 5.91 Å². The molecule has 0 atom stereocenters. The van der Waals surface area contributed by atoms with Gasteiger partial charge in [0, 0.05) is 25.2 Å². The van der Waals surface area contributed by atoms with E-state index in [0.29, 0.717) is 25.6 Å². The van der Waals surface area contributed by atoms with Crippen LogP contribution in [0.2, 0.25) is 0 Å². The fraction of sp³-hybridized carbons (Fsp3) is 0.571. The molecule has 0 saturated carbocycles. The molecule has 18 heavy (non-hydrogen) atoms. The molecule has 0 bridgehead atoms. The van der Waals surface area contributed by atoms with E-state index in [0.717, 1.165) is 12.1 Å². The molecule has 1 rings (SSSR count). The fourth-order valence-corrected chi connectivity index (χ4v) is 1.70. The van der Waals surface area contributed by atoms with Gasteiger partial charge in [-0.15, -0.1) is 0 Å². The number of aromatic nitrogens is 1. The van der Waals surface area contributed by atoms with Crippen LogP contribution >= 0.6 is 0 Å². The van der Waals surface area contributed by atoms with E-state index in [2.05, 4.69) is 42.5 Å². The number of pyridine rings is 1. The van der Waals surface area contributed by atoms with Crippen LogP contribution in [0.15, 0.2) is 18.3 Å². The number of carbonyl (C=O) groups excluding carboxylic acids is 1. The Morgan fingerprint density at radius 3 is 2.89 bits per heavy atom. The average molecular weight is 249 g/mol. The third kappa shape index (κ3) is 5.27. The predicted octanol–water partition coefficient (Wildman–Crippen LogP) is 1.65. The Bertz CT molecular complexity index is 377. The second kappa shape index (κ2) is 7.82. The van der Waals surface area contributed by atoms with Crippen molar-refractivity contribution in [3.63, 3.8) is 0 Å². The molecule has 4 heteroatoms. The van der Waals surface area contributed by atoms with Crippen LogP contribution in [0.5, 0.6) is 0 Å². The third-order valence-corrected chi connectivity index (χ3v) is 2.72. The van der Waals surface area contributed by atoms with E-state index in [4.69, 9.17) is 0 Å². The summed E-state index contributed by atoms with van der Waals surface area (Å²) in [6.45, 7) is 7.46. The Morgan fingerprint density at radius 1 is 1.44 bits per heavy atom. The zero-order valence-electron chi connectivity index (χ0n) is 11.5. The van der Waals surface area contributed by atoms with Crippen LogP contribution in [0.3, 0.4) is 0 Å². The van der Waals surface area contributed by atoms with Crippen LogP contribution in [0, 0.1) is 0 Å². The molecule has 0 radical (unpaired) electrons. The Labute approximate surface area is 109 Å². The topological polar surface area (TPSA) is 54.0 Å². The number of hydrogen-bond acceptors (Lipinski definition) is 3. The van der Waals surface area contributed by atoms with Gasteiger partial charge in [-0.1, -0.05) is 26.8 Å². The van der Waals surface area contributed by atoms with Crippen molar-refractivity contribution in [2.75, 3.05) is 6.54 Å². The highest BCUT2D eigenvalue weighted by Crippen LogP contribution is 2.05. The highest BCUT2D eigenvalue weighted by molar-refractivity contribution is 5.76. The molecule has 2 N–H and O–H groups in total. The molecular weight excluding hydrogens is 226 g/mol. The van der Waals surface area contributed by atoms with E-state index in [1.54, 1.807) is 6.20 Å². The highest BCUT2D eigenvalue weighted by Gasteiger charge is 2.05. The lowest BCUT2D eigenvalue weighted by Gasteiger charge is -2.10. The van der Waals surface area contributed by atoms with Crippen molar-refractivity contribution in [3.05, 3.63) is 29.6 Å². The number of rotatable bonds is 7. The molecule has 0 aromatic carbocycles. The molecule has 0 aliphatic heterocycles. The Hall–Kier alpha value is -1.42. The second-order valence-electron chi connectivity index (χ2n) is 4.60. The molecule has 0 aliphatic carbocycles. The lowest BCUT2D eigenvalue weighted by Crippen LogP contribution is -2.30. The summed E-state index contributed by atoms with van der Waals surface area (Å²) in [5.41, 5.74) is 2.16. The minimum atomic E-state index is 0.0656. The van der Waals surface area contributed by atoms with Crippen molar-refractivity contribution in [1.29, 1.82) is 0 Å². The van der Waals surface area contributed by atoms with Crippen LogP contribution < -0.4 is 10.6 Å². The number of amides is 1. The summed E-state index contributed by atoms with van der Waals surface area (Å²) in [5, 5.41) is 6.13. The molecule has 0 aliphatic rings. The van der Waals surface area contributed by atoms with Crippen molar-refractivity contribution in [1.82, 2.24) is 15.6 Å². The van der Waals surface area contributed by atoms with Gasteiger partial charge in [-0.25, -0.2) is 0 Å². The first kappa shape index (κ1) is 14.6. The molecule has 1 aromatic heterocycles. The minimum absolute atomic E-state index is 0.0656. The Morgan fingerprint density at radius 2 is 2.22 bits per heavy atom. The summed E-state index contributed by atoms with van der Waals surface area (Å²) >= 11 is 0. The van der Waals surface area contributed by atoms with Crippen molar-refractivity contribution in [2.24, 2.45) is 0 Å². The van der Waals surface area contributed by atoms with E-state index in [9.17, 15) is 4.79 Å². The molecule has 0 fully saturated rings. The SMILES string of the molecule is CCc1cccnc1CNC(=O)CCNC(C)C. The van der Waals surface area contributed by atoms with Gasteiger partial charge >= 0.3 is 0 Å². The van der Waals surface area contributed by atoms with Gasteiger partial charge in [-0.05, 0) is 18.1 Å². The largest absolute Gasteiger partial charge is 0.350 e. The molecule has 0 saturated heterocycles. The van der Waals surface area contributed by atoms with Crippen LogP contribution in [-0.4, -0.2) is 23.5 Å². The molecular formula is C14H23N3O. The van der Waals surface area contributed by atoms with Gasteiger partial charge in [-0.2, -0.15) is 0 Å². The van der Waals surface area contributed by atoms with Crippen molar-refractivity contribution in [3.8, 4) is 0 Å². The van der Waals surface area contributed by atoms with Gasteiger partial charge < -0.3 is 10.6 Å². The maximum Gasteiger partial charge on any atom is 0.221 e. The second-order valence-corrected chi connectivity index (χ2v) is 4.60. The summed E-state index contributed by atoms with van der Waals surface area (Å²) < 4.78 is 0. The summed E-state index contributed by atoms with van der Waals surface area (Å²) in [5.74, 6) is 0.0656.